The Labute approximate surface area is 154 Å². The molecule has 1 N–H and O–H groups in total. The quantitative estimate of drug-likeness (QED) is 0.871. The number of carbonyl (C=O) groups is 2. The van der Waals surface area contributed by atoms with Crippen molar-refractivity contribution in [3.05, 3.63) is 48.0 Å². The standard InChI is InChI=1S/C19H18F2N2O4/c1-26-12-6-7-16(27-2)15(9-12)23-10-11(8-17(23)24)19(25)22-18-13(20)4-3-5-14(18)21/h3-7,9,11H,8,10H2,1-2H3,(H,22,25). The van der Waals surface area contributed by atoms with E-state index in [4.69, 9.17) is 9.47 Å². The summed E-state index contributed by atoms with van der Waals surface area (Å²) in [6.07, 6.45) is -0.0811. The summed E-state index contributed by atoms with van der Waals surface area (Å²) in [6.45, 7) is 0.0598. The third-order valence-corrected chi connectivity index (χ3v) is 4.38. The van der Waals surface area contributed by atoms with E-state index in [0.717, 1.165) is 12.1 Å². The summed E-state index contributed by atoms with van der Waals surface area (Å²) in [7, 11) is 2.97. The molecule has 0 spiro atoms. The first-order valence-corrected chi connectivity index (χ1v) is 8.22. The molecule has 0 aromatic heterocycles. The Balaban J connectivity index is 1.80. The number of amides is 2. The molecule has 0 bridgehead atoms. The third-order valence-electron chi connectivity index (χ3n) is 4.38. The van der Waals surface area contributed by atoms with Crippen LogP contribution in [-0.4, -0.2) is 32.6 Å². The summed E-state index contributed by atoms with van der Waals surface area (Å²) in [4.78, 5) is 26.3. The number of hydrogen-bond acceptors (Lipinski definition) is 4. The minimum absolute atomic E-state index is 0.0598. The van der Waals surface area contributed by atoms with E-state index < -0.39 is 29.1 Å². The van der Waals surface area contributed by atoms with Crippen LogP contribution in [0, 0.1) is 17.6 Å². The average Bonchev–Trinajstić information content (AvgIpc) is 3.05. The highest BCUT2D eigenvalue weighted by molar-refractivity contribution is 6.04. The van der Waals surface area contributed by atoms with E-state index in [1.54, 1.807) is 18.2 Å². The van der Waals surface area contributed by atoms with Gasteiger partial charge in [-0.3, -0.25) is 9.59 Å². The van der Waals surface area contributed by atoms with Crippen molar-refractivity contribution >= 4 is 23.2 Å². The molecule has 2 aromatic rings. The number of methoxy groups -OCH3 is 2. The lowest BCUT2D eigenvalue weighted by atomic mass is 10.1. The Morgan fingerprint density at radius 2 is 1.85 bits per heavy atom. The number of nitrogens with one attached hydrogen (secondary N) is 1. The Morgan fingerprint density at radius 1 is 1.15 bits per heavy atom. The topological polar surface area (TPSA) is 67.9 Å². The van der Waals surface area contributed by atoms with Gasteiger partial charge in [-0.15, -0.1) is 0 Å². The summed E-state index contributed by atoms with van der Waals surface area (Å²) >= 11 is 0. The number of rotatable bonds is 5. The van der Waals surface area contributed by atoms with Gasteiger partial charge < -0.3 is 19.7 Å². The van der Waals surface area contributed by atoms with Crippen LogP contribution in [0.5, 0.6) is 11.5 Å². The lowest BCUT2D eigenvalue weighted by Crippen LogP contribution is -2.28. The molecule has 1 saturated heterocycles. The van der Waals surface area contributed by atoms with E-state index in [2.05, 4.69) is 5.32 Å². The molecule has 1 unspecified atom stereocenters. The Morgan fingerprint density at radius 3 is 2.48 bits per heavy atom. The number of carbonyl (C=O) groups excluding carboxylic acids is 2. The molecule has 0 aliphatic carbocycles. The molecular formula is C19H18F2N2O4. The van der Waals surface area contributed by atoms with Gasteiger partial charge in [-0.2, -0.15) is 0 Å². The van der Waals surface area contributed by atoms with Gasteiger partial charge in [0, 0.05) is 19.0 Å². The van der Waals surface area contributed by atoms with E-state index in [0.29, 0.717) is 17.2 Å². The lowest BCUT2D eigenvalue weighted by molar-refractivity contribution is -0.122. The van der Waals surface area contributed by atoms with Crippen LogP contribution in [-0.2, 0) is 9.59 Å². The maximum absolute atomic E-state index is 13.7. The van der Waals surface area contributed by atoms with Gasteiger partial charge in [0.25, 0.3) is 0 Å². The minimum atomic E-state index is -0.876. The smallest absolute Gasteiger partial charge is 0.229 e. The number of ether oxygens (including phenoxy) is 2. The van der Waals surface area contributed by atoms with Gasteiger partial charge in [0.15, 0.2) is 0 Å². The number of hydrogen-bond donors (Lipinski definition) is 1. The van der Waals surface area contributed by atoms with E-state index in [1.165, 1.54) is 25.2 Å². The SMILES string of the molecule is COc1ccc(OC)c(N2CC(C(=O)Nc3c(F)cccc3F)CC2=O)c1. The first-order chi connectivity index (χ1) is 12.9. The van der Waals surface area contributed by atoms with Crippen molar-refractivity contribution in [1.82, 2.24) is 0 Å². The van der Waals surface area contributed by atoms with Crippen molar-refractivity contribution in [2.24, 2.45) is 5.92 Å². The van der Waals surface area contributed by atoms with Crippen molar-refractivity contribution in [2.75, 3.05) is 31.0 Å². The molecule has 6 nitrogen and oxygen atoms in total. The fraction of sp³-hybridized carbons (Fsp3) is 0.263. The van der Waals surface area contributed by atoms with Crippen molar-refractivity contribution < 1.29 is 27.8 Å². The monoisotopic (exact) mass is 376 g/mol. The second-order valence-corrected chi connectivity index (χ2v) is 6.03. The van der Waals surface area contributed by atoms with Gasteiger partial charge in [0.05, 0.1) is 25.8 Å². The molecule has 0 saturated carbocycles. The fourth-order valence-electron chi connectivity index (χ4n) is 2.97. The van der Waals surface area contributed by atoms with E-state index in [9.17, 15) is 18.4 Å². The minimum Gasteiger partial charge on any atom is -0.497 e. The van der Waals surface area contributed by atoms with Gasteiger partial charge in [0.2, 0.25) is 11.8 Å². The molecule has 142 valence electrons. The zero-order chi connectivity index (χ0) is 19.6. The largest absolute Gasteiger partial charge is 0.497 e. The Bertz CT molecular complexity index is 868. The summed E-state index contributed by atoms with van der Waals surface area (Å²) < 4.78 is 37.9. The van der Waals surface area contributed by atoms with Gasteiger partial charge in [-0.25, -0.2) is 8.78 Å². The molecule has 2 aromatic carbocycles. The summed E-state index contributed by atoms with van der Waals surface area (Å²) in [5.41, 5.74) is -0.0541. The third kappa shape index (κ3) is 3.69. The first-order valence-electron chi connectivity index (χ1n) is 8.22. The van der Waals surface area contributed by atoms with Gasteiger partial charge in [-0.05, 0) is 24.3 Å². The molecule has 1 aliphatic heterocycles. The second kappa shape index (κ2) is 7.61. The molecule has 1 fully saturated rings. The van der Waals surface area contributed by atoms with E-state index in [1.807, 2.05) is 0 Å². The van der Waals surface area contributed by atoms with Gasteiger partial charge in [0.1, 0.15) is 28.8 Å². The molecule has 2 amide bonds. The molecule has 3 rings (SSSR count). The first kappa shape index (κ1) is 18.6. The average molecular weight is 376 g/mol. The zero-order valence-corrected chi connectivity index (χ0v) is 14.8. The van der Waals surface area contributed by atoms with Crippen molar-refractivity contribution in [2.45, 2.75) is 6.42 Å². The summed E-state index contributed by atoms with van der Waals surface area (Å²) in [5, 5.41) is 2.24. The van der Waals surface area contributed by atoms with Crippen LogP contribution in [0.1, 0.15) is 6.42 Å². The second-order valence-electron chi connectivity index (χ2n) is 6.03. The van der Waals surface area contributed by atoms with Crippen LogP contribution in [0.4, 0.5) is 20.2 Å². The fourth-order valence-corrected chi connectivity index (χ4v) is 2.97. The van der Waals surface area contributed by atoms with Crippen LogP contribution < -0.4 is 19.7 Å². The predicted octanol–water partition coefficient (Wildman–Crippen LogP) is 2.97. The van der Waals surface area contributed by atoms with Crippen molar-refractivity contribution in [3.63, 3.8) is 0 Å². The highest BCUT2D eigenvalue weighted by Gasteiger charge is 2.37. The van der Waals surface area contributed by atoms with Crippen LogP contribution in [0.3, 0.4) is 0 Å². The molecule has 1 aliphatic rings. The highest BCUT2D eigenvalue weighted by Crippen LogP contribution is 2.36. The predicted molar refractivity (Wildman–Crippen MR) is 95.0 cm³/mol. The van der Waals surface area contributed by atoms with Gasteiger partial charge >= 0.3 is 0 Å². The van der Waals surface area contributed by atoms with Crippen LogP contribution in [0.25, 0.3) is 0 Å². The number of para-hydroxylation sites is 1. The Hall–Kier alpha value is -3.16. The van der Waals surface area contributed by atoms with Crippen molar-refractivity contribution in [1.29, 1.82) is 0 Å². The summed E-state index contributed by atoms with van der Waals surface area (Å²) in [6, 6.07) is 8.28. The lowest BCUT2D eigenvalue weighted by Gasteiger charge is -2.20. The molecule has 1 atom stereocenters. The maximum atomic E-state index is 13.7. The van der Waals surface area contributed by atoms with Crippen molar-refractivity contribution in [3.8, 4) is 11.5 Å². The Kier molecular flexibility index (Phi) is 5.25. The molecule has 27 heavy (non-hydrogen) atoms. The molecular weight excluding hydrogens is 358 g/mol. The van der Waals surface area contributed by atoms with Gasteiger partial charge in [-0.1, -0.05) is 6.07 Å². The van der Waals surface area contributed by atoms with E-state index in [-0.39, 0.29) is 18.9 Å². The van der Waals surface area contributed by atoms with E-state index >= 15 is 0 Å². The summed E-state index contributed by atoms with van der Waals surface area (Å²) in [5.74, 6) is -2.46. The van der Waals surface area contributed by atoms with Crippen LogP contribution >= 0.6 is 0 Å². The zero-order valence-electron chi connectivity index (χ0n) is 14.8. The van der Waals surface area contributed by atoms with Crippen LogP contribution in [0.2, 0.25) is 0 Å². The number of halogens is 2. The molecule has 8 heteroatoms. The number of anilines is 2. The normalized spacial score (nSPS) is 16.4. The number of benzene rings is 2. The number of nitrogens with zero attached hydrogens (tertiary/aromatic N) is 1. The maximum Gasteiger partial charge on any atom is 0.229 e. The molecule has 1 heterocycles. The molecule has 0 radical (unpaired) electrons. The highest BCUT2D eigenvalue weighted by atomic mass is 19.1. The van der Waals surface area contributed by atoms with Crippen LogP contribution in [0.15, 0.2) is 36.4 Å².